The fraction of sp³-hybridized carbons (Fsp3) is 0.440. The second-order valence-corrected chi connectivity index (χ2v) is 8.35. The predicted octanol–water partition coefficient (Wildman–Crippen LogP) is 6.38. The summed E-state index contributed by atoms with van der Waals surface area (Å²) in [6.45, 7) is 10.5. The Kier molecular flexibility index (Phi) is 7.14. The van der Waals surface area contributed by atoms with Crippen molar-refractivity contribution in [1.29, 1.82) is 0 Å². The number of carbonyl (C=O) groups excluding carboxylic acids is 1. The number of aryl methyl sites for hydroxylation is 1. The molecule has 0 saturated heterocycles. The number of benzene rings is 1. The number of imidazole rings is 1. The molecule has 0 bridgehead atoms. The van der Waals surface area contributed by atoms with Crippen molar-refractivity contribution in [2.75, 3.05) is 0 Å². The summed E-state index contributed by atoms with van der Waals surface area (Å²) >= 11 is 0. The molecule has 0 fully saturated rings. The van der Waals surface area contributed by atoms with E-state index in [4.69, 9.17) is 4.74 Å². The maximum absolute atomic E-state index is 12.7. The molecule has 0 radical (unpaired) electrons. The maximum Gasteiger partial charge on any atom is 0.424 e. The molecule has 0 aliphatic heterocycles. The fourth-order valence-electron chi connectivity index (χ4n) is 4.23. The van der Waals surface area contributed by atoms with Gasteiger partial charge in [0.1, 0.15) is 17.8 Å². The van der Waals surface area contributed by atoms with Gasteiger partial charge in [0, 0.05) is 23.9 Å². The predicted molar refractivity (Wildman–Crippen MR) is 119 cm³/mol. The van der Waals surface area contributed by atoms with Gasteiger partial charge in [0.05, 0.1) is 0 Å². The van der Waals surface area contributed by atoms with Crippen molar-refractivity contribution in [2.45, 2.75) is 65.2 Å². The van der Waals surface area contributed by atoms with Crippen LogP contribution in [0.1, 0.15) is 69.9 Å². The van der Waals surface area contributed by atoms with Crippen molar-refractivity contribution in [3.05, 3.63) is 65.8 Å². The number of aromatic nitrogens is 2. The second kappa shape index (κ2) is 9.79. The highest BCUT2D eigenvalue weighted by atomic mass is 16.6. The number of phenols is 1. The first-order chi connectivity index (χ1) is 14.4. The lowest BCUT2D eigenvalue weighted by molar-refractivity contribution is 0.201. The van der Waals surface area contributed by atoms with Crippen LogP contribution >= 0.6 is 0 Å². The van der Waals surface area contributed by atoms with Gasteiger partial charge in [-0.25, -0.2) is 14.3 Å². The van der Waals surface area contributed by atoms with Crippen LogP contribution in [0.5, 0.6) is 11.5 Å². The number of hydrogen-bond donors (Lipinski definition) is 1. The molecule has 5 nitrogen and oxygen atoms in total. The molecule has 0 amide bonds. The molecule has 1 N–H and O–H groups in total. The Morgan fingerprint density at radius 2 is 2.17 bits per heavy atom. The molecule has 3 rings (SSSR count). The quantitative estimate of drug-likeness (QED) is 0.426. The van der Waals surface area contributed by atoms with Crippen LogP contribution in [0.2, 0.25) is 0 Å². The van der Waals surface area contributed by atoms with E-state index in [2.05, 4.69) is 31.5 Å². The Bertz CT molecular complexity index is 928. The van der Waals surface area contributed by atoms with Crippen molar-refractivity contribution in [3.8, 4) is 11.5 Å². The summed E-state index contributed by atoms with van der Waals surface area (Å²) < 4.78 is 7.09. The first-order valence-corrected chi connectivity index (χ1v) is 10.8. The minimum Gasteiger partial charge on any atom is -0.507 e. The van der Waals surface area contributed by atoms with Crippen molar-refractivity contribution in [2.24, 2.45) is 5.92 Å². The molecule has 0 spiro atoms. The number of hydrogen-bond acceptors (Lipinski definition) is 4. The third-order valence-corrected chi connectivity index (χ3v) is 5.88. The summed E-state index contributed by atoms with van der Waals surface area (Å²) in [6.07, 6.45) is 12.2. The Morgan fingerprint density at radius 3 is 2.83 bits per heavy atom. The molecule has 5 heteroatoms. The zero-order chi connectivity index (χ0) is 21.7. The number of ether oxygens (including phenoxy) is 1. The zero-order valence-corrected chi connectivity index (χ0v) is 18.2. The molecule has 1 aromatic heterocycles. The number of carbonyl (C=O) groups is 1. The van der Waals surface area contributed by atoms with Gasteiger partial charge in [-0.2, -0.15) is 0 Å². The van der Waals surface area contributed by atoms with Crippen LogP contribution in [0.25, 0.3) is 0 Å². The molecule has 2 atom stereocenters. The van der Waals surface area contributed by atoms with E-state index in [0.717, 1.165) is 49.7 Å². The minimum absolute atomic E-state index is 0.0773. The lowest BCUT2D eigenvalue weighted by Gasteiger charge is -2.32. The van der Waals surface area contributed by atoms with E-state index in [0.29, 0.717) is 11.3 Å². The summed E-state index contributed by atoms with van der Waals surface area (Å²) in [5.41, 5.74) is 3.98. The summed E-state index contributed by atoms with van der Waals surface area (Å²) in [6, 6.07) is 3.74. The van der Waals surface area contributed by atoms with Crippen LogP contribution in [0.4, 0.5) is 4.79 Å². The Hall–Kier alpha value is -2.82. The smallest absolute Gasteiger partial charge is 0.424 e. The molecule has 1 aliphatic carbocycles. The SMILES string of the molecule is C=C(C)[C@@H]1CCC(C)=C[C@H]1c1c(O)cc(CCCCC)cc1OC(=O)n1ccnc1. The Labute approximate surface area is 179 Å². The third kappa shape index (κ3) is 5.02. The fourth-order valence-corrected chi connectivity index (χ4v) is 4.23. The van der Waals surface area contributed by atoms with E-state index in [-0.39, 0.29) is 17.6 Å². The molecule has 1 aromatic carbocycles. The first-order valence-electron chi connectivity index (χ1n) is 10.8. The van der Waals surface area contributed by atoms with Gasteiger partial charge in [0.25, 0.3) is 0 Å². The maximum atomic E-state index is 12.7. The molecule has 0 saturated carbocycles. The van der Waals surface area contributed by atoms with Gasteiger partial charge in [-0.15, -0.1) is 0 Å². The van der Waals surface area contributed by atoms with E-state index in [1.807, 2.05) is 19.1 Å². The lowest BCUT2D eigenvalue weighted by atomic mass is 9.73. The number of nitrogens with zero attached hydrogens (tertiary/aromatic N) is 2. The summed E-state index contributed by atoms with van der Waals surface area (Å²) in [7, 11) is 0. The van der Waals surface area contributed by atoms with Gasteiger partial charge in [-0.1, -0.05) is 43.6 Å². The standard InChI is InChI=1S/C25H32N2O3/c1-5-6-7-8-19-14-22(28)24(21-13-18(4)9-10-20(21)17(2)3)23(15-19)30-25(29)27-12-11-26-16-27/h11-16,20-21,28H,2,5-10H2,1,3-4H3/t20-,21+/m0/s1. The van der Waals surface area contributed by atoms with Crippen LogP contribution in [0, 0.1) is 5.92 Å². The lowest BCUT2D eigenvalue weighted by Crippen LogP contribution is -2.20. The average molecular weight is 409 g/mol. The largest absolute Gasteiger partial charge is 0.507 e. The zero-order valence-electron chi connectivity index (χ0n) is 18.2. The Morgan fingerprint density at radius 1 is 1.37 bits per heavy atom. The van der Waals surface area contributed by atoms with Crippen LogP contribution in [-0.4, -0.2) is 20.8 Å². The molecule has 160 valence electrons. The van der Waals surface area contributed by atoms with E-state index in [1.54, 1.807) is 6.20 Å². The van der Waals surface area contributed by atoms with Gasteiger partial charge < -0.3 is 9.84 Å². The third-order valence-electron chi connectivity index (χ3n) is 5.88. The van der Waals surface area contributed by atoms with Crippen LogP contribution in [0.15, 0.2) is 54.7 Å². The summed E-state index contributed by atoms with van der Waals surface area (Å²) in [5.74, 6) is 0.713. The number of aromatic hydroxyl groups is 1. The van der Waals surface area contributed by atoms with E-state index < -0.39 is 6.09 Å². The minimum atomic E-state index is -0.540. The van der Waals surface area contributed by atoms with Gasteiger partial charge in [0.2, 0.25) is 0 Å². The van der Waals surface area contributed by atoms with Crippen LogP contribution < -0.4 is 4.74 Å². The number of rotatable bonds is 7. The van der Waals surface area contributed by atoms with E-state index in [9.17, 15) is 9.90 Å². The molecular formula is C25H32N2O3. The first kappa shape index (κ1) is 21.9. The molecule has 30 heavy (non-hydrogen) atoms. The van der Waals surface area contributed by atoms with Crippen molar-refractivity contribution in [3.63, 3.8) is 0 Å². The van der Waals surface area contributed by atoms with Crippen LogP contribution in [-0.2, 0) is 6.42 Å². The average Bonchev–Trinajstić information content (AvgIpc) is 3.23. The Balaban J connectivity index is 2.04. The number of unbranched alkanes of at least 4 members (excludes halogenated alkanes) is 2. The van der Waals surface area contributed by atoms with Crippen molar-refractivity contribution < 1.29 is 14.6 Å². The topological polar surface area (TPSA) is 64.3 Å². The van der Waals surface area contributed by atoms with Gasteiger partial charge in [-0.05, 0) is 63.1 Å². The normalized spacial score (nSPS) is 18.7. The number of allylic oxidation sites excluding steroid dienone is 3. The number of phenolic OH excluding ortho intramolecular Hbond substituents is 1. The van der Waals surface area contributed by atoms with Gasteiger partial charge >= 0.3 is 6.09 Å². The monoisotopic (exact) mass is 408 g/mol. The van der Waals surface area contributed by atoms with E-state index >= 15 is 0 Å². The molecule has 2 aromatic rings. The van der Waals surface area contributed by atoms with E-state index in [1.165, 1.54) is 22.7 Å². The molecule has 1 heterocycles. The second-order valence-electron chi connectivity index (χ2n) is 8.35. The molecule has 0 unspecified atom stereocenters. The van der Waals surface area contributed by atoms with Gasteiger partial charge in [-0.3, -0.25) is 0 Å². The molecule has 1 aliphatic rings. The highest BCUT2D eigenvalue weighted by Crippen LogP contribution is 2.47. The highest BCUT2D eigenvalue weighted by Gasteiger charge is 2.31. The van der Waals surface area contributed by atoms with Crippen LogP contribution in [0.3, 0.4) is 0 Å². The highest BCUT2D eigenvalue weighted by molar-refractivity contribution is 5.74. The molecular weight excluding hydrogens is 376 g/mol. The summed E-state index contributed by atoms with van der Waals surface area (Å²) in [5, 5.41) is 11.0. The van der Waals surface area contributed by atoms with Crippen molar-refractivity contribution in [1.82, 2.24) is 9.55 Å². The summed E-state index contributed by atoms with van der Waals surface area (Å²) in [4.78, 5) is 16.6. The van der Waals surface area contributed by atoms with Gasteiger partial charge in [0.15, 0.2) is 0 Å². The van der Waals surface area contributed by atoms with Crippen molar-refractivity contribution >= 4 is 6.09 Å².